The van der Waals surface area contributed by atoms with Crippen molar-refractivity contribution in [3.8, 4) is 11.4 Å². The monoisotopic (exact) mass is 361 g/mol. The van der Waals surface area contributed by atoms with Gasteiger partial charge in [0.05, 0.1) is 23.1 Å². The lowest BCUT2D eigenvalue weighted by Crippen LogP contribution is -2.35. The zero-order valence-corrected chi connectivity index (χ0v) is 14.2. The van der Waals surface area contributed by atoms with E-state index in [9.17, 15) is 13.2 Å². The van der Waals surface area contributed by atoms with Gasteiger partial charge in [-0.15, -0.1) is 0 Å². The Balaban J connectivity index is 1.74. The van der Waals surface area contributed by atoms with Gasteiger partial charge in [0.15, 0.2) is 0 Å². The van der Waals surface area contributed by atoms with Gasteiger partial charge < -0.3 is 4.90 Å². The van der Waals surface area contributed by atoms with Crippen LogP contribution in [0.15, 0.2) is 36.8 Å². The molecule has 0 amide bonds. The zero-order chi connectivity index (χ0) is 18.3. The molecule has 0 radical (unpaired) electrons. The molecule has 0 spiro atoms. The van der Waals surface area contributed by atoms with Crippen LogP contribution in [0, 0.1) is 5.92 Å². The average Bonchev–Trinajstić information content (AvgIpc) is 3.04. The molecule has 1 fully saturated rings. The van der Waals surface area contributed by atoms with Gasteiger partial charge >= 0.3 is 6.18 Å². The molecule has 3 aromatic rings. The summed E-state index contributed by atoms with van der Waals surface area (Å²) >= 11 is 0. The van der Waals surface area contributed by atoms with Crippen molar-refractivity contribution in [2.75, 3.05) is 18.0 Å². The first-order valence-electron chi connectivity index (χ1n) is 8.54. The second-order valence-electron chi connectivity index (χ2n) is 6.72. The lowest BCUT2D eigenvalue weighted by atomic mass is 10.0. The fourth-order valence-electron chi connectivity index (χ4n) is 3.35. The minimum atomic E-state index is -4.41. The Bertz CT molecular complexity index is 934. The molecule has 0 aromatic carbocycles. The van der Waals surface area contributed by atoms with Crippen LogP contribution < -0.4 is 4.90 Å². The number of anilines is 1. The molecule has 1 atom stereocenters. The Morgan fingerprint density at radius 3 is 2.77 bits per heavy atom. The van der Waals surface area contributed by atoms with Crippen LogP contribution in [0.25, 0.3) is 17.0 Å². The molecule has 4 rings (SSSR count). The summed E-state index contributed by atoms with van der Waals surface area (Å²) in [6.45, 7) is 3.97. The van der Waals surface area contributed by atoms with Crippen molar-refractivity contribution < 1.29 is 13.2 Å². The average molecular weight is 361 g/mol. The van der Waals surface area contributed by atoms with Gasteiger partial charge in [0.2, 0.25) is 5.95 Å². The van der Waals surface area contributed by atoms with Crippen molar-refractivity contribution in [3.63, 3.8) is 0 Å². The van der Waals surface area contributed by atoms with E-state index in [1.807, 2.05) is 0 Å². The molecule has 1 aliphatic heterocycles. The quantitative estimate of drug-likeness (QED) is 0.691. The number of hydrogen-bond acceptors (Lipinski definition) is 4. The third kappa shape index (κ3) is 3.11. The molecule has 0 aliphatic carbocycles. The van der Waals surface area contributed by atoms with E-state index in [0.29, 0.717) is 28.9 Å². The van der Waals surface area contributed by atoms with Gasteiger partial charge in [-0.2, -0.15) is 13.2 Å². The second kappa shape index (κ2) is 6.26. The molecule has 5 nitrogen and oxygen atoms in total. The first kappa shape index (κ1) is 16.8. The van der Waals surface area contributed by atoms with Gasteiger partial charge in [0.1, 0.15) is 5.65 Å². The number of nitrogens with zero attached hydrogens (tertiary/aromatic N) is 5. The summed E-state index contributed by atoms with van der Waals surface area (Å²) in [6, 6.07) is 4.09. The first-order chi connectivity index (χ1) is 12.4. The molecule has 1 unspecified atom stereocenters. The van der Waals surface area contributed by atoms with Gasteiger partial charge in [-0.1, -0.05) is 6.92 Å². The highest BCUT2D eigenvalue weighted by Crippen LogP contribution is 2.31. The highest BCUT2D eigenvalue weighted by molar-refractivity contribution is 5.61. The number of piperidine rings is 1. The maximum absolute atomic E-state index is 13.0. The Morgan fingerprint density at radius 1 is 1.15 bits per heavy atom. The summed E-state index contributed by atoms with van der Waals surface area (Å²) in [4.78, 5) is 15.3. The van der Waals surface area contributed by atoms with Crippen LogP contribution in [0.1, 0.15) is 25.3 Å². The lowest BCUT2D eigenvalue weighted by molar-refractivity contribution is -0.137. The number of fused-ring (bicyclic) bond motifs is 1. The Hall–Kier alpha value is -2.64. The Kier molecular flexibility index (Phi) is 4.05. The van der Waals surface area contributed by atoms with Gasteiger partial charge in [-0.3, -0.25) is 4.40 Å². The topological polar surface area (TPSA) is 46.3 Å². The number of rotatable bonds is 2. The van der Waals surface area contributed by atoms with Gasteiger partial charge in [0, 0.05) is 25.5 Å². The third-order valence-electron chi connectivity index (χ3n) is 4.68. The molecular weight excluding hydrogens is 343 g/mol. The maximum atomic E-state index is 13.0. The number of alkyl halides is 3. The fourth-order valence-corrected chi connectivity index (χ4v) is 3.35. The van der Waals surface area contributed by atoms with E-state index in [4.69, 9.17) is 0 Å². The smallest absolute Gasteiger partial charge is 0.341 e. The molecule has 1 saturated heterocycles. The maximum Gasteiger partial charge on any atom is 0.417 e. The zero-order valence-electron chi connectivity index (χ0n) is 14.2. The van der Waals surface area contributed by atoms with E-state index in [2.05, 4.69) is 26.8 Å². The normalized spacial score (nSPS) is 18.5. The largest absolute Gasteiger partial charge is 0.417 e. The summed E-state index contributed by atoms with van der Waals surface area (Å²) in [5.41, 5.74) is 0.794. The van der Waals surface area contributed by atoms with Crippen molar-refractivity contribution in [1.29, 1.82) is 0 Å². The van der Waals surface area contributed by atoms with Crippen LogP contribution >= 0.6 is 0 Å². The lowest BCUT2D eigenvalue weighted by Gasteiger charge is -2.30. The predicted molar refractivity (Wildman–Crippen MR) is 91.8 cm³/mol. The van der Waals surface area contributed by atoms with Crippen molar-refractivity contribution in [2.45, 2.75) is 25.9 Å². The summed E-state index contributed by atoms with van der Waals surface area (Å²) in [6.07, 6.45) is 2.10. The minimum Gasteiger partial charge on any atom is -0.341 e. The second-order valence-corrected chi connectivity index (χ2v) is 6.72. The predicted octanol–water partition coefficient (Wildman–Crippen LogP) is 4.05. The van der Waals surface area contributed by atoms with Crippen LogP contribution in [0.5, 0.6) is 0 Å². The van der Waals surface area contributed by atoms with Crippen molar-refractivity contribution in [2.24, 2.45) is 5.92 Å². The van der Waals surface area contributed by atoms with Crippen LogP contribution in [0.2, 0.25) is 0 Å². The van der Waals surface area contributed by atoms with Gasteiger partial charge in [-0.05, 0) is 37.0 Å². The Labute approximate surface area is 148 Å². The van der Waals surface area contributed by atoms with E-state index in [-0.39, 0.29) is 0 Å². The summed E-state index contributed by atoms with van der Waals surface area (Å²) < 4.78 is 40.5. The van der Waals surface area contributed by atoms with Gasteiger partial charge in [0.25, 0.3) is 0 Å². The molecule has 0 saturated carbocycles. The van der Waals surface area contributed by atoms with E-state index in [1.165, 1.54) is 16.9 Å². The number of halogens is 3. The van der Waals surface area contributed by atoms with Crippen LogP contribution in [-0.4, -0.2) is 32.4 Å². The van der Waals surface area contributed by atoms with E-state index in [0.717, 1.165) is 31.8 Å². The van der Waals surface area contributed by atoms with Crippen molar-refractivity contribution in [1.82, 2.24) is 19.4 Å². The number of aromatic nitrogens is 4. The van der Waals surface area contributed by atoms with E-state index >= 15 is 0 Å². The molecule has 8 heteroatoms. The molecule has 0 N–H and O–H groups in total. The van der Waals surface area contributed by atoms with Gasteiger partial charge in [-0.25, -0.2) is 15.0 Å². The SMILES string of the molecule is CC1CCCN(c2nccc(-c3cnc4ccc(C(F)(F)F)cn34)n2)C1. The molecule has 1 aliphatic rings. The van der Waals surface area contributed by atoms with Crippen LogP contribution in [0.4, 0.5) is 19.1 Å². The Morgan fingerprint density at radius 2 is 2.00 bits per heavy atom. The van der Waals surface area contributed by atoms with E-state index in [1.54, 1.807) is 18.5 Å². The molecule has 26 heavy (non-hydrogen) atoms. The van der Waals surface area contributed by atoms with Crippen molar-refractivity contribution in [3.05, 3.63) is 42.4 Å². The highest BCUT2D eigenvalue weighted by Gasteiger charge is 2.31. The number of hydrogen-bond donors (Lipinski definition) is 0. The summed E-state index contributed by atoms with van der Waals surface area (Å²) in [5.74, 6) is 1.18. The van der Waals surface area contributed by atoms with Crippen LogP contribution in [-0.2, 0) is 6.18 Å². The molecule has 4 heterocycles. The summed E-state index contributed by atoms with van der Waals surface area (Å²) in [7, 11) is 0. The fraction of sp³-hybridized carbons (Fsp3) is 0.389. The number of imidazole rings is 1. The third-order valence-corrected chi connectivity index (χ3v) is 4.68. The van der Waals surface area contributed by atoms with E-state index < -0.39 is 11.7 Å². The minimum absolute atomic E-state index is 0.444. The first-order valence-corrected chi connectivity index (χ1v) is 8.54. The van der Waals surface area contributed by atoms with Crippen LogP contribution in [0.3, 0.4) is 0 Å². The molecule has 3 aromatic heterocycles. The molecule has 136 valence electrons. The standard InChI is InChI=1S/C18H18F3N5/c1-12-3-2-8-25(10-12)17-22-7-6-14(24-17)15-9-23-16-5-4-13(11-26(15)16)18(19,20)21/h4-7,9,11-12H,2-3,8,10H2,1H3. The molecule has 0 bridgehead atoms. The number of pyridine rings is 1. The highest BCUT2D eigenvalue weighted by atomic mass is 19.4. The summed E-state index contributed by atoms with van der Waals surface area (Å²) in [5, 5.41) is 0. The molecular formula is C18H18F3N5. The van der Waals surface area contributed by atoms with Crippen molar-refractivity contribution >= 4 is 11.6 Å².